The van der Waals surface area contributed by atoms with Crippen molar-refractivity contribution < 1.29 is 5.11 Å². The Morgan fingerprint density at radius 1 is 0.840 bits per heavy atom. The van der Waals surface area contributed by atoms with Crippen molar-refractivity contribution in [2.45, 2.75) is 17.5 Å². The molecule has 0 unspecified atom stereocenters. The SMILES string of the molecule is Nc1ccc(SC[C@@H](O)Cn2c3ccccc3c3ccccc32)cc1. The molecule has 0 fully saturated rings. The van der Waals surface area contributed by atoms with Gasteiger partial charge in [0.2, 0.25) is 0 Å². The van der Waals surface area contributed by atoms with Crippen LogP contribution in [0, 0.1) is 0 Å². The number of para-hydroxylation sites is 2. The number of rotatable bonds is 5. The number of aliphatic hydroxyl groups excluding tert-OH is 1. The van der Waals surface area contributed by atoms with Crippen LogP contribution in [0.4, 0.5) is 5.69 Å². The van der Waals surface area contributed by atoms with Crippen molar-refractivity contribution in [2.24, 2.45) is 0 Å². The van der Waals surface area contributed by atoms with E-state index in [9.17, 15) is 5.11 Å². The second kappa shape index (κ2) is 6.82. The molecule has 0 saturated carbocycles. The van der Waals surface area contributed by atoms with Crippen molar-refractivity contribution in [3.05, 3.63) is 72.8 Å². The smallest absolute Gasteiger partial charge is 0.0813 e. The molecule has 0 saturated heterocycles. The third-order valence-electron chi connectivity index (χ3n) is 4.40. The predicted molar refractivity (Wildman–Crippen MR) is 107 cm³/mol. The van der Waals surface area contributed by atoms with Gasteiger partial charge in [0.1, 0.15) is 0 Å². The number of hydrogen-bond donors (Lipinski definition) is 2. The zero-order chi connectivity index (χ0) is 17.2. The van der Waals surface area contributed by atoms with E-state index in [1.807, 2.05) is 36.4 Å². The highest BCUT2D eigenvalue weighted by atomic mass is 32.2. The maximum Gasteiger partial charge on any atom is 0.0813 e. The summed E-state index contributed by atoms with van der Waals surface area (Å²) >= 11 is 1.65. The number of nitrogens with two attached hydrogens (primary N) is 1. The normalized spacial score (nSPS) is 12.7. The average molecular weight is 348 g/mol. The molecule has 4 rings (SSSR count). The van der Waals surface area contributed by atoms with Gasteiger partial charge >= 0.3 is 0 Å². The Labute approximate surface area is 151 Å². The molecule has 126 valence electrons. The van der Waals surface area contributed by atoms with Crippen LogP contribution in [0.15, 0.2) is 77.7 Å². The molecule has 0 aliphatic rings. The molecule has 3 N–H and O–H groups in total. The van der Waals surface area contributed by atoms with Crippen LogP contribution < -0.4 is 5.73 Å². The molecule has 4 heteroatoms. The minimum atomic E-state index is -0.429. The Morgan fingerprint density at radius 2 is 1.40 bits per heavy atom. The number of aromatic nitrogens is 1. The molecule has 0 aliphatic carbocycles. The maximum absolute atomic E-state index is 10.6. The number of thioether (sulfide) groups is 1. The van der Waals surface area contributed by atoms with E-state index < -0.39 is 6.10 Å². The van der Waals surface area contributed by atoms with Gasteiger partial charge in [-0.15, -0.1) is 11.8 Å². The van der Waals surface area contributed by atoms with Crippen molar-refractivity contribution in [3.63, 3.8) is 0 Å². The summed E-state index contributed by atoms with van der Waals surface area (Å²) in [5.41, 5.74) is 8.81. The van der Waals surface area contributed by atoms with Crippen LogP contribution in [0.1, 0.15) is 0 Å². The lowest BCUT2D eigenvalue weighted by Gasteiger charge is -2.14. The molecule has 1 atom stereocenters. The predicted octanol–water partition coefficient (Wildman–Crippen LogP) is 4.53. The summed E-state index contributed by atoms with van der Waals surface area (Å²) in [6.07, 6.45) is -0.429. The number of nitrogen functional groups attached to an aromatic ring is 1. The van der Waals surface area contributed by atoms with Crippen LogP contribution in [-0.4, -0.2) is 21.5 Å². The van der Waals surface area contributed by atoms with Gasteiger partial charge in [-0.05, 0) is 36.4 Å². The van der Waals surface area contributed by atoms with E-state index >= 15 is 0 Å². The number of fused-ring (bicyclic) bond motifs is 3. The van der Waals surface area contributed by atoms with Crippen molar-refractivity contribution >= 4 is 39.3 Å². The molecular formula is C21H20N2OS. The first-order chi connectivity index (χ1) is 12.2. The fourth-order valence-corrected chi connectivity index (χ4v) is 4.04. The summed E-state index contributed by atoms with van der Waals surface area (Å²) in [5, 5.41) is 13.1. The van der Waals surface area contributed by atoms with E-state index in [0.717, 1.165) is 10.6 Å². The average Bonchev–Trinajstić information content (AvgIpc) is 2.96. The molecule has 0 spiro atoms. The van der Waals surface area contributed by atoms with Crippen molar-refractivity contribution in [3.8, 4) is 0 Å². The summed E-state index contributed by atoms with van der Waals surface area (Å²) in [6, 6.07) is 24.5. The van der Waals surface area contributed by atoms with Gasteiger partial charge < -0.3 is 15.4 Å². The standard InChI is InChI=1S/C21H20N2OS/c22-15-9-11-17(12-10-15)25-14-16(24)13-23-20-7-3-1-5-18(20)19-6-2-4-8-21(19)23/h1-12,16,24H,13-14,22H2/t16-/m0/s1. The van der Waals surface area contributed by atoms with Gasteiger partial charge in [0, 0.05) is 44.7 Å². The van der Waals surface area contributed by atoms with Gasteiger partial charge in [0.25, 0.3) is 0 Å². The molecule has 4 aromatic rings. The molecular weight excluding hydrogens is 328 g/mol. The Bertz CT molecular complexity index is 954. The highest BCUT2D eigenvalue weighted by Gasteiger charge is 2.13. The number of nitrogens with zero attached hydrogens (tertiary/aromatic N) is 1. The molecule has 1 aromatic heterocycles. The van der Waals surface area contributed by atoms with Crippen LogP contribution in [0.3, 0.4) is 0 Å². The highest BCUT2D eigenvalue weighted by Crippen LogP contribution is 2.29. The minimum absolute atomic E-state index is 0.429. The molecule has 0 amide bonds. The number of aliphatic hydroxyl groups is 1. The first-order valence-electron chi connectivity index (χ1n) is 8.35. The minimum Gasteiger partial charge on any atom is -0.399 e. The topological polar surface area (TPSA) is 51.2 Å². The molecule has 0 aliphatic heterocycles. The molecule has 0 radical (unpaired) electrons. The zero-order valence-electron chi connectivity index (χ0n) is 13.8. The summed E-state index contributed by atoms with van der Waals surface area (Å²) < 4.78 is 2.22. The highest BCUT2D eigenvalue weighted by molar-refractivity contribution is 7.99. The first-order valence-corrected chi connectivity index (χ1v) is 9.33. The van der Waals surface area contributed by atoms with Gasteiger partial charge in [-0.2, -0.15) is 0 Å². The summed E-state index contributed by atoms with van der Waals surface area (Å²) in [4.78, 5) is 1.12. The number of anilines is 1. The van der Waals surface area contributed by atoms with Gasteiger partial charge in [0.15, 0.2) is 0 Å². The third kappa shape index (κ3) is 3.23. The van der Waals surface area contributed by atoms with E-state index in [1.165, 1.54) is 21.8 Å². The van der Waals surface area contributed by atoms with Gasteiger partial charge in [-0.1, -0.05) is 36.4 Å². The lowest BCUT2D eigenvalue weighted by atomic mass is 10.2. The van der Waals surface area contributed by atoms with Crippen molar-refractivity contribution in [1.29, 1.82) is 0 Å². The third-order valence-corrected chi connectivity index (χ3v) is 5.55. The van der Waals surface area contributed by atoms with E-state index in [1.54, 1.807) is 11.8 Å². The Morgan fingerprint density at radius 3 is 2.00 bits per heavy atom. The fraction of sp³-hybridized carbons (Fsp3) is 0.143. The van der Waals surface area contributed by atoms with Crippen LogP contribution in [0.5, 0.6) is 0 Å². The Kier molecular flexibility index (Phi) is 4.38. The second-order valence-electron chi connectivity index (χ2n) is 6.18. The number of benzene rings is 3. The molecule has 1 heterocycles. The van der Waals surface area contributed by atoms with Crippen LogP contribution in [0.25, 0.3) is 21.8 Å². The monoisotopic (exact) mass is 348 g/mol. The van der Waals surface area contributed by atoms with Gasteiger partial charge in [-0.3, -0.25) is 0 Å². The van der Waals surface area contributed by atoms with Crippen molar-refractivity contribution in [2.75, 3.05) is 11.5 Å². The van der Waals surface area contributed by atoms with E-state index in [4.69, 9.17) is 5.73 Å². The Balaban J connectivity index is 1.58. The summed E-state index contributed by atoms with van der Waals surface area (Å²) in [6.45, 7) is 0.579. The van der Waals surface area contributed by atoms with Crippen LogP contribution >= 0.6 is 11.8 Å². The summed E-state index contributed by atoms with van der Waals surface area (Å²) in [5.74, 6) is 0.644. The molecule has 3 aromatic carbocycles. The lowest BCUT2D eigenvalue weighted by Crippen LogP contribution is -2.18. The Hall–Kier alpha value is -2.43. The molecule has 3 nitrogen and oxygen atoms in total. The van der Waals surface area contributed by atoms with Crippen LogP contribution in [0.2, 0.25) is 0 Å². The van der Waals surface area contributed by atoms with E-state index in [0.29, 0.717) is 12.3 Å². The van der Waals surface area contributed by atoms with Gasteiger partial charge in [-0.25, -0.2) is 0 Å². The lowest BCUT2D eigenvalue weighted by molar-refractivity contribution is 0.181. The molecule has 25 heavy (non-hydrogen) atoms. The van der Waals surface area contributed by atoms with Crippen molar-refractivity contribution in [1.82, 2.24) is 4.57 Å². The maximum atomic E-state index is 10.6. The second-order valence-corrected chi connectivity index (χ2v) is 7.27. The fourth-order valence-electron chi connectivity index (χ4n) is 3.22. The quantitative estimate of drug-likeness (QED) is 0.411. The van der Waals surface area contributed by atoms with E-state index in [-0.39, 0.29) is 0 Å². The van der Waals surface area contributed by atoms with Gasteiger partial charge in [0.05, 0.1) is 6.10 Å². The summed E-state index contributed by atoms with van der Waals surface area (Å²) in [7, 11) is 0. The van der Waals surface area contributed by atoms with Crippen LogP contribution in [-0.2, 0) is 6.54 Å². The number of hydrogen-bond acceptors (Lipinski definition) is 3. The first kappa shape index (κ1) is 16.1. The largest absolute Gasteiger partial charge is 0.399 e. The zero-order valence-corrected chi connectivity index (χ0v) is 14.6. The van der Waals surface area contributed by atoms with E-state index in [2.05, 4.69) is 41.0 Å². The molecule has 0 bridgehead atoms.